The predicted octanol–water partition coefficient (Wildman–Crippen LogP) is 3.31. The zero-order valence-electron chi connectivity index (χ0n) is 12.1. The molecular weight excluding hydrogens is 288 g/mol. The Balaban J connectivity index is 1.87. The Morgan fingerprint density at radius 2 is 2.24 bits per heavy atom. The van der Waals surface area contributed by atoms with Crippen molar-refractivity contribution in [3.05, 3.63) is 29.3 Å². The Morgan fingerprint density at radius 3 is 2.86 bits per heavy atom. The summed E-state index contributed by atoms with van der Waals surface area (Å²) in [5.41, 5.74) is -0.735. The van der Waals surface area contributed by atoms with Crippen LogP contribution in [0.25, 0.3) is 0 Å². The minimum absolute atomic E-state index is 0.112. The number of nitriles is 1. The maximum absolute atomic E-state index is 12.0. The van der Waals surface area contributed by atoms with Gasteiger partial charge in [-0.25, -0.2) is 0 Å². The molecule has 2 rings (SSSR count). The second-order valence-electron chi connectivity index (χ2n) is 5.67. The first-order chi connectivity index (χ1) is 10.0. The van der Waals surface area contributed by atoms with Crippen molar-refractivity contribution in [1.29, 1.82) is 5.26 Å². The molecule has 0 saturated heterocycles. The number of hydrogen-bond acceptors (Lipinski definition) is 3. The van der Waals surface area contributed by atoms with Gasteiger partial charge in [0.1, 0.15) is 11.3 Å². The first-order valence-electron chi connectivity index (χ1n) is 7.14. The molecular formula is C16H19ClN2O2. The van der Waals surface area contributed by atoms with Crippen LogP contribution in [0.2, 0.25) is 5.02 Å². The first-order valence-corrected chi connectivity index (χ1v) is 7.51. The van der Waals surface area contributed by atoms with Crippen LogP contribution in [-0.4, -0.2) is 18.1 Å². The van der Waals surface area contributed by atoms with Crippen LogP contribution in [0.1, 0.15) is 32.6 Å². The Bertz CT molecular complexity index is 545. The van der Waals surface area contributed by atoms with Crippen molar-refractivity contribution in [2.45, 2.75) is 38.1 Å². The molecule has 1 aliphatic rings. The Labute approximate surface area is 130 Å². The number of benzene rings is 1. The Kier molecular flexibility index (Phi) is 5.08. The quantitative estimate of drug-likeness (QED) is 0.928. The van der Waals surface area contributed by atoms with Crippen LogP contribution in [0.15, 0.2) is 24.3 Å². The molecule has 5 heteroatoms. The molecule has 0 bridgehead atoms. The minimum Gasteiger partial charge on any atom is -0.484 e. The highest BCUT2D eigenvalue weighted by atomic mass is 35.5. The largest absolute Gasteiger partial charge is 0.484 e. The molecule has 0 aromatic heterocycles. The van der Waals surface area contributed by atoms with Crippen molar-refractivity contribution in [2.75, 3.05) is 6.61 Å². The third-order valence-corrected chi connectivity index (χ3v) is 4.12. The van der Waals surface area contributed by atoms with Crippen LogP contribution >= 0.6 is 11.6 Å². The highest BCUT2D eigenvalue weighted by molar-refractivity contribution is 6.30. The fourth-order valence-corrected chi connectivity index (χ4v) is 2.71. The summed E-state index contributed by atoms with van der Waals surface area (Å²) in [6, 6.07) is 9.15. The SMILES string of the molecule is CC1CCC(C#N)(NC(=O)COc2cccc(Cl)c2)CC1. The number of rotatable bonds is 4. The molecule has 1 N–H and O–H groups in total. The highest BCUT2D eigenvalue weighted by Crippen LogP contribution is 2.31. The number of nitrogens with zero attached hydrogens (tertiary/aromatic N) is 1. The first kappa shape index (κ1) is 15.7. The van der Waals surface area contributed by atoms with Crippen LogP contribution in [0.4, 0.5) is 0 Å². The summed E-state index contributed by atoms with van der Waals surface area (Å²) < 4.78 is 5.39. The van der Waals surface area contributed by atoms with Gasteiger partial charge in [-0.3, -0.25) is 4.79 Å². The molecule has 1 amide bonds. The van der Waals surface area contributed by atoms with Gasteiger partial charge in [-0.05, 0) is 49.8 Å². The third kappa shape index (κ3) is 4.37. The summed E-state index contributed by atoms with van der Waals surface area (Å²) >= 11 is 5.85. The number of carbonyl (C=O) groups excluding carboxylic acids is 1. The maximum atomic E-state index is 12.0. The van der Waals surface area contributed by atoms with E-state index < -0.39 is 5.54 Å². The van der Waals surface area contributed by atoms with E-state index in [2.05, 4.69) is 18.3 Å². The van der Waals surface area contributed by atoms with E-state index in [1.165, 1.54) is 0 Å². The van der Waals surface area contributed by atoms with Gasteiger partial charge in [-0.1, -0.05) is 24.6 Å². The van der Waals surface area contributed by atoms with Crippen LogP contribution in [0, 0.1) is 17.2 Å². The number of ether oxygens (including phenoxy) is 1. The summed E-state index contributed by atoms with van der Waals surface area (Å²) in [6.07, 6.45) is 3.33. The van der Waals surface area contributed by atoms with Crippen LogP contribution in [0.5, 0.6) is 5.75 Å². The van der Waals surface area contributed by atoms with Crippen molar-refractivity contribution in [3.63, 3.8) is 0 Å². The molecule has 0 aliphatic heterocycles. The van der Waals surface area contributed by atoms with Gasteiger partial charge < -0.3 is 10.1 Å². The van der Waals surface area contributed by atoms with E-state index in [0.29, 0.717) is 29.5 Å². The summed E-state index contributed by atoms with van der Waals surface area (Å²) in [6.45, 7) is 2.06. The molecule has 1 aliphatic carbocycles. The van der Waals surface area contributed by atoms with Gasteiger partial charge in [0.15, 0.2) is 6.61 Å². The van der Waals surface area contributed by atoms with Gasteiger partial charge >= 0.3 is 0 Å². The van der Waals surface area contributed by atoms with Crippen LogP contribution in [-0.2, 0) is 4.79 Å². The number of hydrogen-bond donors (Lipinski definition) is 1. The molecule has 0 radical (unpaired) electrons. The molecule has 1 saturated carbocycles. The summed E-state index contributed by atoms with van der Waals surface area (Å²) in [7, 11) is 0. The zero-order chi connectivity index (χ0) is 15.3. The molecule has 0 atom stereocenters. The Morgan fingerprint density at radius 1 is 1.52 bits per heavy atom. The highest BCUT2D eigenvalue weighted by Gasteiger charge is 2.35. The smallest absolute Gasteiger partial charge is 0.259 e. The minimum atomic E-state index is -0.735. The van der Waals surface area contributed by atoms with Crippen molar-refractivity contribution < 1.29 is 9.53 Å². The lowest BCUT2D eigenvalue weighted by atomic mass is 9.78. The van der Waals surface area contributed by atoms with Crippen molar-refractivity contribution in [1.82, 2.24) is 5.32 Å². The van der Waals surface area contributed by atoms with Gasteiger partial charge in [0.25, 0.3) is 5.91 Å². The fourth-order valence-electron chi connectivity index (χ4n) is 2.53. The van der Waals surface area contributed by atoms with Gasteiger partial charge in [0.2, 0.25) is 0 Å². The molecule has 4 nitrogen and oxygen atoms in total. The average Bonchev–Trinajstić information content (AvgIpc) is 2.48. The van der Waals surface area contributed by atoms with Crippen LogP contribution in [0.3, 0.4) is 0 Å². The number of amides is 1. The molecule has 1 fully saturated rings. The van der Waals surface area contributed by atoms with Crippen molar-refractivity contribution in [3.8, 4) is 11.8 Å². The molecule has 0 heterocycles. The van der Waals surface area contributed by atoms with E-state index in [0.717, 1.165) is 12.8 Å². The monoisotopic (exact) mass is 306 g/mol. The summed E-state index contributed by atoms with van der Waals surface area (Å²) in [5, 5.41) is 12.8. The Hall–Kier alpha value is -1.73. The third-order valence-electron chi connectivity index (χ3n) is 3.89. The van der Waals surface area contributed by atoms with E-state index in [-0.39, 0.29) is 12.5 Å². The van der Waals surface area contributed by atoms with E-state index >= 15 is 0 Å². The molecule has 0 unspecified atom stereocenters. The number of halogens is 1. The van der Waals surface area contributed by atoms with Crippen LogP contribution < -0.4 is 10.1 Å². The van der Waals surface area contributed by atoms with Gasteiger partial charge in [-0.2, -0.15) is 5.26 Å². The lowest BCUT2D eigenvalue weighted by molar-refractivity contribution is -0.124. The molecule has 112 valence electrons. The van der Waals surface area contributed by atoms with E-state index in [1.54, 1.807) is 24.3 Å². The summed E-state index contributed by atoms with van der Waals surface area (Å²) in [5.74, 6) is 0.887. The lowest BCUT2D eigenvalue weighted by Gasteiger charge is -2.34. The topological polar surface area (TPSA) is 62.1 Å². The molecule has 0 spiro atoms. The summed E-state index contributed by atoms with van der Waals surface area (Å²) in [4.78, 5) is 12.0. The van der Waals surface area contributed by atoms with E-state index in [1.807, 2.05) is 0 Å². The molecule has 1 aromatic carbocycles. The normalized spacial score (nSPS) is 24.9. The lowest BCUT2D eigenvalue weighted by Crippen LogP contribution is -2.50. The zero-order valence-corrected chi connectivity index (χ0v) is 12.8. The number of carbonyl (C=O) groups is 1. The second kappa shape index (κ2) is 6.82. The maximum Gasteiger partial charge on any atom is 0.259 e. The second-order valence-corrected chi connectivity index (χ2v) is 6.11. The van der Waals surface area contributed by atoms with E-state index in [9.17, 15) is 10.1 Å². The molecule has 1 aromatic rings. The van der Waals surface area contributed by atoms with Gasteiger partial charge in [0.05, 0.1) is 6.07 Å². The predicted molar refractivity (Wildman–Crippen MR) is 81.1 cm³/mol. The van der Waals surface area contributed by atoms with Gasteiger partial charge in [0, 0.05) is 5.02 Å². The number of nitrogens with one attached hydrogen (secondary N) is 1. The average molecular weight is 307 g/mol. The standard InChI is InChI=1S/C16H19ClN2O2/c1-12-5-7-16(11-18,8-6-12)19-15(20)10-21-14-4-2-3-13(17)9-14/h2-4,9,12H,5-8,10H2,1H3,(H,19,20). The van der Waals surface area contributed by atoms with Crippen molar-refractivity contribution in [2.24, 2.45) is 5.92 Å². The van der Waals surface area contributed by atoms with E-state index in [4.69, 9.17) is 16.3 Å². The van der Waals surface area contributed by atoms with Gasteiger partial charge in [-0.15, -0.1) is 0 Å². The molecule has 21 heavy (non-hydrogen) atoms. The fraction of sp³-hybridized carbons (Fsp3) is 0.500. The van der Waals surface area contributed by atoms with Crippen molar-refractivity contribution >= 4 is 17.5 Å².